The van der Waals surface area contributed by atoms with Crippen LogP contribution >= 0.6 is 23.4 Å². The molecule has 2 rings (SSSR count). The standard InChI is InChI=1S/C14H18ClNO3S/c15-11-4-2-1-3-10(11)8-20-9-14(19)16-6-5-12(17)13(18)7-16/h1-4,12-13,17-18H,5-9H2/t12-,13-/m1/s1. The molecule has 110 valence electrons. The predicted molar refractivity (Wildman–Crippen MR) is 80.8 cm³/mol. The van der Waals surface area contributed by atoms with Gasteiger partial charge in [-0.15, -0.1) is 11.8 Å². The lowest BCUT2D eigenvalue weighted by atomic mass is 10.1. The van der Waals surface area contributed by atoms with Crippen molar-refractivity contribution in [1.82, 2.24) is 4.90 Å². The summed E-state index contributed by atoms with van der Waals surface area (Å²) in [4.78, 5) is 13.6. The number of aliphatic hydroxyl groups excluding tert-OH is 2. The number of nitrogens with zero attached hydrogens (tertiary/aromatic N) is 1. The van der Waals surface area contributed by atoms with Crippen molar-refractivity contribution in [1.29, 1.82) is 0 Å². The van der Waals surface area contributed by atoms with Gasteiger partial charge in [0.25, 0.3) is 0 Å². The molecule has 2 N–H and O–H groups in total. The highest BCUT2D eigenvalue weighted by atomic mass is 35.5. The molecule has 2 atom stereocenters. The number of hydrogen-bond acceptors (Lipinski definition) is 4. The Morgan fingerprint density at radius 3 is 2.80 bits per heavy atom. The molecule has 20 heavy (non-hydrogen) atoms. The average Bonchev–Trinajstić information content (AvgIpc) is 2.44. The minimum Gasteiger partial charge on any atom is -0.390 e. The van der Waals surface area contributed by atoms with Gasteiger partial charge in [-0.25, -0.2) is 0 Å². The minimum absolute atomic E-state index is 0.00648. The van der Waals surface area contributed by atoms with Gasteiger partial charge in [0.2, 0.25) is 5.91 Å². The van der Waals surface area contributed by atoms with E-state index in [-0.39, 0.29) is 12.5 Å². The van der Waals surface area contributed by atoms with Crippen molar-refractivity contribution >= 4 is 29.3 Å². The van der Waals surface area contributed by atoms with Gasteiger partial charge in [-0.05, 0) is 18.1 Å². The van der Waals surface area contributed by atoms with E-state index in [0.29, 0.717) is 29.5 Å². The summed E-state index contributed by atoms with van der Waals surface area (Å²) in [6, 6.07) is 7.58. The van der Waals surface area contributed by atoms with Crippen molar-refractivity contribution in [2.75, 3.05) is 18.8 Å². The van der Waals surface area contributed by atoms with Crippen molar-refractivity contribution in [3.8, 4) is 0 Å². The van der Waals surface area contributed by atoms with E-state index >= 15 is 0 Å². The highest BCUT2D eigenvalue weighted by molar-refractivity contribution is 7.99. The second kappa shape index (κ2) is 7.31. The SMILES string of the molecule is O=C(CSCc1ccccc1Cl)N1CC[C@@H](O)[C@H](O)C1. The number of amides is 1. The maximum Gasteiger partial charge on any atom is 0.232 e. The van der Waals surface area contributed by atoms with Gasteiger partial charge in [0.05, 0.1) is 18.0 Å². The zero-order valence-corrected chi connectivity index (χ0v) is 12.6. The molecule has 0 aromatic heterocycles. The summed E-state index contributed by atoms with van der Waals surface area (Å²) < 4.78 is 0. The quantitative estimate of drug-likeness (QED) is 0.884. The predicted octanol–water partition coefficient (Wildman–Crippen LogP) is 1.53. The number of likely N-dealkylation sites (tertiary alicyclic amines) is 1. The number of halogens is 1. The molecular weight excluding hydrogens is 298 g/mol. The van der Waals surface area contributed by atoms with Crippen molar-refractivity contribution in [3.63, 3.8) is 0 Å². The van der Waals surface area contributed by atoms with Crippen LogP contribution in [0.1, 0.15) is 12.0 Å². The summed E-state index contributed by atoms with van der Waals surface area (Å²) >= 11 is 7.56. The molecule has 1 aromatic rings. The van der Waals surface area contributed by atoms with E-state index in [1.165, 1.54) is 11.8 Å². The molecular formula is C14H18ClNO3S. The molecule has 6 heteroatoms. The zero-order valence-electron chi connectivity index (χ0n) is 11.0. The fourth-order valence-electron chi connectivity index (χ4n) is 2.10. The van der Waals surface area contributed by atoms with Crippen LogP contribution in [0.3, 0.4) is 0 Å². The molecule has 1 saturated heterocycles. The molecule has 0 radical (unpaired) electrons. The molecule has 1 aliphatic heterocycles. The Kier molecular flexibility index (Phi) is 5.72. The number of carbonyl (C=O) groups excluding carboxylic acids is 1. The van der Waals surface area contributed by atoms with E-state index in [9.17, 15) is 15.0 Å². The first kappa shape index (κ1) is 15.6. The first-order valence-electron chi connectivity index (χ1n) is 6.53. The molecule has 0 saturated carbocycles. The van der Waals surface area contributed by atoms with Crippen LogP contribution in [-0.2, 0) is 10.5 Å². The lowest BCUT2D eigenvalue weighted by Crippen LogP contribution is -2.49. The Morgan fingerprint density at radius 1 is 1.35 bits per heavy atom. The number of carbonyl (C=O) groups is 1. The zero-order chi connectivity index (χ0) is 14.5. The van der Waals surface area contributed by atoms with Crippen LogP contribution in [0, 0.1) is 0 Å². The van der Waals surface area contributed by atoms with Crippen LogP contribution < -0.4 is 0 Å². The van der Waals surface area contributed by atoms with E-state index in [2.05, 4.69) is 0 Å². The first-order chi connectivity index (χ1) is 9.58. The van der Waals surface area contributed by atoms with Crippen LogP contribution in [0.15, 0.2) is 24.3 Å². The monoisotopic (exact) mass is 315 g/mol. The highest BCUT2D eigenvalue weighted by Gasteiger charge is 2.28. The molecule has 1 amide bonds. The lowest BCUT2D eigenvalue weighted by molar-refractivity contribution is -0.134. The van der Waals surface area contributed by atoms with Gasteiger partial charge < -0.3 is 15.1 Å². The molecule has 0 spiro atoms. The van der Waals surface area contributed by atoms with Gasteiger partial charge in [0.15, 0.2) is 0 Å². The van der Waals surface area contributed by atoms with Gasteiger partial charge in [-0.1, -0.05) is 29.8 Å². The number of aliphatic hydroxyl groups is 2. The average molecular weight is 316 g/mol. The van der Waals surface area contributed by atoms with E-state index in [4.69, 9.17) is 11.6 Å². The number of piperidine rings is 1. The number of benzene rings is 1. The number of rotatable bonds is 4. The van der Waals surface area contributed by atoms with Gasteiger partial charge >= 0.3 is 0 Å². The molecule has 1 aliphatic rings. The van der Waals surface area contributed by atoms with E-state index in [1.807, 2.05) is 24.3 Å². The second-order valence-corrected chi connectivity index (χ2v) is 6.24. The van der Waals surface area contributed by atoms with Gasteiger partial charge in [-0.2, -0.15) is 0 Å². The molecule has 0 bridgehead atoms. The first-order valence-corrected chi connectivity index (χ1v) is 8.06. The Morgan fingerprint density at radius 2 is 2.10 bits per heavy atom. The Balaban J connectivity index is 1.77. The van der Waals surface area contributed by atoms with Gasteiger partial charge in [0.1, 0.15) is 0 Å². The fourth-order valence-corrected chi connectivity index (χ4v) is 3.31. The number of β-amino-alcohol motifs (C(OH)–C–C–N with tert-alkyl or cyclic N) is 1. The van der Waals surface area contributed by atoms with Crippen LogP contribution in [-0.4, -0.2) is 52.1 Å². The maximum atomic E-state index is 12.0. The molecule has 0 aliphatic carbocycles. The summed E-state index contributed by atoms with van der Waals surface area (Å²) in [5, 5.41) is 19.7. The molecule has 1 heterocycles. The van der Waals surface area contributed by atoms with E-state index in [1.54, 1.807) is 4.90 Å². The van der Waals surface area contributed by atoms with Crippen molar-refractivity contribution in [2.24, 2.45) is 0 Å². The third-order valence-corrected chi connectivity index (χ3v) is 4.67. The third kappa shape index (κ3) is 4.12. The Labute approximate surface area is 127 Å². The summed E-state index contributed by atoms with van der Waals surface area (Å²) in [5.41, 5.74) is 1.01. The molecule has 1 fully saturated rings. The van der Waals surface area contributed by atoms with Gasteiger partial charge in [0, 0.05) is 23.9 Å². The third-order valence-electron chi connectivity index (χ3n) is 3.34. The smallest absolute Gasteiger partial charge is 0.232 e. The normalized spacial score (nSPS) is 22.9. The Hall–Kier alpha value is -0.750. The minimum atomic E-state index is -0.832. The molecule has 0 unspecified atom stereocenters. The van der Waals surface area contributed by atoms with E-state index in [0.717, 1.165) is 5.56 Å². The molecule has 4 nitrogen and oxygen atoms in total. The summed E-state index contributed by atoms with van der Waals surface area (Å²) in [5.74, 6) is 1.03. The summed E-state index contributed by atoms with van der Waals surface area (Å²) in [6.07, 6.45) is -1.11. The number of hydrogen-bond donors (Lipinski definition) is 2. The maximum absolute atomic E-state index is 12.0. The summed E-state index contributed by atoms with van der Waals surface area (Å²) in [7, 11) is 0. The fraction of sp³-hybridized carbons (Fsp3) is 0.500. The van der Waals surface area contributed by atoms with E-state index < -0.39 is 12.2 Å². The topological polar surface area (TPSA) is 60.8 Å². The second-order valence-electron chi connectivity index (χ2n) is 4.85. The molecule has 1 aromatic carbocycles. The van der Waals surface area contributed by atoms with Crippen molar-refractivity contribution in [3.05, 3.63) is 34.9 Å². The lowest BCUT2D eigenvalue weighted by Gasteiger charge is -2.33. The largest absolute Gasteiger partial charge is 0.390 e. The van der Waals surface area contributed by atoms with Gasteiger partial charge in [-0.3, -0.25) is 4.79 Å². The summed E-state index contributed by atoms with van der Waals surface area (Å²) in [6.45, 7) is 0.719. The Bertz CT molecular complexity index is 471. The van der Waals surface area contributed by atoms with Crippen LogP contribution in [0.5, 0.6) is 0 Å². The van der Waals surface area contributed by atoms with Crippen LogP contribution in [0.4, 0.5) is 0 Å². The van der Waals surface area contributed by atoms with Crippen molar-refractivity contribution in [2.45, 2.75) is 24.4 Å². The highest BCUT2D eigenvalue weighted by Crippen LogP contribution is 2.21. The van der Waals surface area contributed by atoms with Crippen LogP contribution in [0.25, 0.3) is 0 Å². The van der Waals surface area contributed by atoms with Crippen LogP contribution in [0.2, 0.25) is 5.02 Å². The van der Waals surface area contributed by atoms with Crippen molar-refractivity contribution < 1.29 is 15.0 Å². The number of thioether (sulfide) groups is 1.